The van der Waals surface area contributed by atoms with Crippen LogP contribution < -0.4 is 5.32 Å². The molecule has 0 amide bonds. The molecule has 1 aliphatic carbocycles. The fourth-order valence-corrected chi connectivity index (χ4v) is 2.14. The number of nitrogens with one attached hydrogen (secondary N) is 1. The van der Waals surface area contributed by atoms with Gasteiger partial charge in [-0.05, 0) is 0 Å². The molecule has 6 heteroatoms. The summed E-state index contributed by atoms with van der Waals surface area (Å²) in [7, 11) is 0. The number of allylic oxidation sites excluding steroid dienone is 2. The molecule has 1 aromatic carbocycles. The maximum atomic E-state index is 12.2. The number of Topliss-reactive ketones (excluding diaryl/α,β-unsaturated/α-hetero) is 2. The normalized spacial score (nSPS) is 16.4. The van der Waals surface area contributed by atoms with Crippen molar-refractivity contribution in [2.45, 2.75) is 6.10 Å². The topological polar surface area (TPSA) is 66.4 Å². The van der Waals surface area contributed by atoms with E-state index in [1.165, 1.54) is 0 Å². The number of ketones is 2. The summed E-state index contributed by atoms with van der Waals surface area (Å²) in [4.78, 5) is 24.2. The van der Waals surface area contributed by atoms with Crippen molar-refractivity contribution in [3.05, 3.63) is 46.1 Å². The SMILES string of the molecule is O=C1C(Cl)=C(NCC(O)CCl)C(=O)c2ccccc21. The minimum atomic E-state index is -0.821. The summed E-state index contributed by atoms with van der Waals surface area (Å²) < 4.78 is 0. The van der Waals surface area contributed by atoms with Gasteiger partial charge in [0.2, 0.25) is 11.6 Å². The Bertz CT molecular complexity index is 569. The summed E-state index contributed by atoms with van der Waals surface area (Å²) in [6.07, 6.45) is -0.821. The minimum Gasteiger partial charge on any atom is -0.390 e. The van der Waals surface area contributed by atoms with Crippen molar-refractivity contribution in [2.75, 3.05) is 12.4 Å². The van der Waals surface area contributed by atoms with Gasteiger partial charge in [0.15, 0.2) is 0 Å². The predicted molar refractivity (Wildman–Crippen MR) is 72.7 cm³/mol. The van der Waals surface area contributed by atoms with Crippen LogP contribution in [0, 0.1) is 0 Å². The van der Waals surface area contributed by atoms with Gasteiger partial charge in [0.05, 0.1) is 12.0 Å². The van der Waals surface area contributed by atoms with Gasteiger partial charge in [0, 0.05) is 17.7 Å². The quantitative estimate of drug-likeness (QED) is 0.831. The van der Waals surface area contributed by atoms with E-state index in [1.54, 1.807) is 24.3 Å². The molecule has 1 atom stereocenters. The van der Waals surface area contributed by atoms with Gasteiger partial charge in [-0.2, -0.15) is 0 Å². The highest BCUT2D eigenvalue weighted by atomic mass is 35.5. The van der Waals surface area contributed by atoms with Crippen molar-refractivity contribution in [1.29, 1.82) is 0 Å². The monoisotopic (exact) mass is 299 g/mol. The number of carbonyl (C=O) groups excluding carboxylic acids is 2. The van der Waals surface area contributed by atoms with Crippen LogP contribution in [0.4, 0.5) is 0 Å². The summed E-state index contributed by atoms with van der Waals surface area (Å²) in [5.41, 5.74) is 0.607. The Balaban J connectivity index is 2.32. The zero-order chi connectivity index (χ0) is 14.0. The Morgan fingerprint density at radius 3 is 2.32 bits per heavy atom. The van der Waals surface area contributed by atoms with Crippen LogP contribution in [0.1, 0.15) is 20.7 Å². The Hall–Kier alpha value is -1.36. The van der Waals surface area contributed by atoms with Crippen LogP contribution in [0.3, 0.4) is 0 Å². The molecular formula is C13H11Cl2NO3. The fourth-order valence-electron chi connectivity index (χ4n) is 1.78. The number of aliphatic hydroxyl groups excluding tert-OH is 1. The molecule has 2 N–H and O–H groups in total. The number of hydrogen-bond donors (Lipinski definition) is 2. The van der Waals surface area contributed by atoms with Crippen molar-refractivity contribution in [1.82, 2.24) is 5.32 Å². The van der Waals surface area contributed by atoms with Crippen molar-refractivity contribution in [3.8, 4) is 0 Å². The van der Waals surface area contributed by atoms with Crippen LogP contribution in [0.15, 0.2) is 35.0 Å². The van der Waals surface area contributed by atoms with Crippen LogP contribution in [-0.2, 0) is 0 Å². The lowest BCUT2D eigenvalue weighted by Gasteiger charge is -2.19. The first-order valence-electron chi connectivity index (χ1n) is 5.62. The fraction of sp³-hybridized carbons (Fsp3) is 0.231. The van der Waals surface area contributed by atoms with Crippen LogP contribution in [0.2, 0.25) is 0 Å². The van der Waals surface area contributed by atoms with Crippen LogP contribution >= 0.6 is 23.2 Å². The number of hydrogen-bond acceptors (Lipinski definition) is 4. The third-order valence-corrected chi connectivity index (χ3v) is 3.47. The molecule has 0 aliphatic heterocycles. The molecular weight excluding hydrogens is 289 g/mol. The summed E-state index contributed by atoms with van der Waals surface area (Å²) in [6.45, 7) is 0.0518. The summed E-state index contributed by atoms with van der Waals surface area (Å²) >= 11 is 11.4. The predicted octanol–water partition coefficient (Wildman–Crippen LogP) is 1.71. The number of benzene rings is 1. The zero-order valence-electron chi connectivity index (χ0n) is 9.82. The third-order valence-electron chi connectivity index (χ3n) is 2.75. The molecule has 0 saturated carbocycles. The van der Waals surface area contributed by atoms with E-state index in [4.69, 9.17) is 23.2 Å². The molecule has 4 nitrogen and oxygen atoms in total. The molecule has 0 aromatic heterocycles. The highest BCUT2D eigenvalue weighted by Gasteiger charge is 2.31. The smallest absolute Gasteiger partial charge is 0.211 e. The Labute approximate surface area is 120 Å². The van der Waals surface area contributed by atoms with Gasteiger partial charge in [0.25, 0.3) is 0 Å². The second kappa shape index (κ2) is 5.74. The highest BCUT2D eigenvalue weighted by molar-refractivity contribution is 6.49. The van der Waals surface area contributed by atoms with E-state index in [2.05, 4.69) is 5.32 Å². The van der Waals surface area contributed by atoms with Crippen LogP contribution in [-0.4, -0.2) is 35.2 Å². The van der Waals surface area contributed by atoms with Crippen molar-refractivity contribution >= 4 is 34.8 Å². The summed E-state index contributed by atoms with van der Waals surface area (Å²) in [6, 6.07) is 6.47. The molecule has 0 saturated heterocycles. The van der Waals surface area contributed by atoms with Gasteiger partial charge in [-0.1, -0.05) is 35.9 Å². The molecule has 2 rings (SSSR count). The van der Waals surface area contributed by atoms with E-state index in [0.29, 0.717) is 11.1 Å². The summed E-state index contributed by atoms with van der Waals surface area (Å²) in [5, 5.41) is 11.9. The summed E-state index contributed by atoms with van der Waals surface area (Å²) in [5.74, 6) is -0.738. The Kier molecular flexibility index (Phi) is 4.24. The molecule has 0 heterocycles. The van der Waals surface area contributed by atoms with E-state index in [-0.39, 0.29) is 28.9 Å². The highest BCUT2D eigenvalue weighted by Crippen LogP contribution is 2.26. The lowest BCUT2D eigenvalue weighted by atomic mass is 9.92. The Morgan fingerprint density at radius 2 is 1.74 bits per heavy atom. The maximum absolute atomic E-state index is 12.2. The lowest BCUT2D eigenvalue weighted by Crippen LogP contribution is -2.34. The number of halogens is 2. The van der Waals surface area contributed by atoms with Crippen LogP contribution in [0.25, 0.3) is 0 Å². The van der Waals surface area contributed by atoms with Crippen molar-refractivity contribution in [2.24, 2.45) is 0 Å². The van der Waals surface area contributed by atoms with Crippen LogP contribution in [0.5, 0.6) is 0 Å². The molecule has 1 aromatic rings. The zero-order valence-corrected chi connectivity index (χ0v) is 11.3. The molecule has 19 heavy (non-hydrogen) atoms. The molecule has 1 unspecified atom stereocenters. The van der Waals surface area contributed by atoms with Gasteiger partial charge >= 0.3 is 0 Å². The van der Waals surface area contributed by atoms with E-state index in [9.17, 15) is 14.7 Å². The van der Waals surface area contributed by atoms with Crippen molar-refractivity contribution in [3.63, 3.8) is 0 Å². The molecule has 0 bridgehead atoms. The number of fused-ring (bicyclic) bond motifs is 1. The first kappa shape index (κ1) is 14.1. The molecule has 1 aliphatic rings. The third kappa shape index (κ3) is 2.66. The minimum absolute atomic E-state index is 0.00883. The second-order valence-electron chi connectivity index (χ2n) is 4.08. The number of alkyl halides is 1. The molecule has 0 fully saturated rings. The average molecular weight is 300 g/mol. The van der Waals surface area contributed by atoms with E-state index >= 15 is 0 Å². The average Bonchev–Trinajstić information content (AvgIpc) is 2.44. The van der Waals surface area contributed by atoms with E-state index in [0.717, 1.165) is 0 Å². The number of carbonyl (C=O) groups is 2. The maximum Gasteiger partial charge on any atom is 0.211 e. The molecule has 100 valence electrons. The second-order valence-corrected chi connectivity index (χ2v) is 4.77. The van der Waals surface area contributed by atoms with E-state index in [1.807, 2.05) is 0 Å². The standard InChI is InChI=1S/C13H11Cl2NO3/c14-5-7(17)6-16-11-10(15)12(18)8-3-1-2-4-9(8)13(11)19/h1-4,7,16-17H,5-6H2. The Morgan fingerprint density at radius 1 is 1.16 bits per heavy atom. The van der Waals surface area contributed by atoms with Gasteiger partial charge in [-0.3, -0.25) is 9.59 Å². The largest absolute Gasteiger partial charge is 0.390 e. The van der Waals surface area contributed by atoms with Crippen molar-refractivity contribution < 1.29 is 14.7 Å². The van der Waals surface area contributed by atoms with Gasteiger partial charge in [-0.25, -0.2) is 0 Å². The number of aliphatic hydroxyl groups is 1. The van der Waals surface area contributed by atoms with E-state index < -0.39 is 11.9 Å². The first-order valence-corrected chi connectivity index (χ1v) is 6.53. The lowest BCUT2D eigenvalue weighted by molar-refractivity contribution is 0.0971. The first-order chi connectivity index (χ1) is 9.06. The van der Waals surface area contributed by atoms with Gasteiger partial charge < -0.3 is 10.4 Å². The molecule has 0 spiro atoms. The molecule has 0 radical (unpaired) electrons. The van der Waals surface area contributed by atoms with Gasteiger partial charge in [-0.15, -0.1) is 11.6 Å². The number of rotatable bonds is 4. The van der Waals surface area contributed by atoms with Gasteiger partial charge in [0.1, 0.15) is 10.7 Å².